The molecule has 27 heavy (non-hydrogen) atoms. The van der Waals surface area contributed by atoms with Crippen LogP contribution in [0.1, 0.15) is 17.5 Å². The van der Waals surface area contributed by atoms with Crippen LogP contribution in [0.5, 0.6) is 0 Å². The van der Waals surface area contributed by atoms with Crippen LogP contribution in [-0.2, 0) is 13.5 Å². The summed E-state index contributed by atoms with van der Waals surface area (Å²) < 4.78 is 1.95. The Morgan fingerprint density at radius 2 is 1.89 bits per heavy atom. The van der Waals surface area contributed by atoms with E-state index in [2.05, 4.69) is 46.1 Å². The molecule has 4 aromatic rings. The van der Waals surface area contributed by atoms with Gasteiger partial charge in [-0.05, 0) is 48.2 Å². The topological polar surface area (TPSA) is 80.3 Å². The molecule has 0 fully saturated rings. The molecule has 0 atom stereocenters. The number of aryl methyl sites for hydroxylation is 3. The number of nitrogens with zero attached hydrogens (tertiary/aromatic N) is 6. The highest BCUT2D eigenvalue weighted by molar-refractivity contribution is 5.97. The fraction of sp³-hybridized carbons (Fsp3) is 0.190. The molecule has 0 aliphatic heterocycles. The van der Waals surface area contributed by atoms with E-state index in [1.165, 1.54) is 6.33 Å². The lowest BCUT2D eigenvalue weighted by atomic mass is 9.96. The quantitative estimate of drug-likeness (QED) is 0.556. The van der Waals surface area contributed by atoms with Crippen LogP contribution in [0.3, 0.4) is 0 Å². The maximum absolute atomic E-state index is 8.95. The number of hydrogen-bond acceptors (Lipinski definition) is 5. The second-order valence-electron chi connectivity index (χ2n) is 6.53. The van der Waals surface area contributed by atoms with Gasteiger partial charge in [0.25, 0.3) is 0 Å². The molecule has 0 bridgehead atoms. The van der Waals surface area contributed by atoms with Crippen molar-refractivity contribution < 1.29 is 0 Å². The molecule has 6 heteroatoms. The van der Waals surface area contributed by atoms with Crippen molar-refractivity contribution in [3.63, 3.8) is 0 Å². The van der Waals surface area contributed by atoms with Crippen molar-refractivity contribution in [2.24, 2.45) is 7.05 Å². The summed E-state index contributed by atoms with van der Waals surface area (Å²) in [7, 11) is 1.95. The molecule has 0 amide bonds. The molecule has 132 valence electrons. The third-order valence-electron chi connectivity index (χ3n) is 4.72. The second kappa shape index (κ2) is 6.96. The minimum absolute atomic E-state index is 0.497. The SMILES string of the molecule is Cc1cc2nc(-c3cncn3C)cc(-c3cncnc3)c2cc1CCC#N. The summed E-state index contributed by atoms with van der Waals surface area (Å²) in [4.78, 5) is 17.4. The first kappa shape index (κ1) is 16.9. The van der Waals surface area contributed by atoms with E-state index in [4.69, 9.17) is 10.2 Å². The summed E-state index contributed by atoms with van der Waals surface area (Å²) in [6.07, 6.45) is 9.95. The van der Waals surface area contributed by atoms with Gasteiger partial charge in [0, 0.05) is 36.8 Å². The van der Waals surface area contributed by atoms with Crippen molar-refractivity contribution in [1.29, 1.82) is 5.26 Å². The smallest absolute Gasteiger partial charge is 0.115 e. The Bertz CT molecular complexity index is 1150. The largest absolute Gasteiger partial charge is 0.332 e. The zero-order chi connectivity index (χ0) is 18.8. The van der Waals surface area contributed by atoms with Crippen molar-refractivity contribution in [2.45, 2.75) is 19.8 Å². The molecule has 6 nitrogen and oxygen atoms in total. The standard InChI is InChI=1S/C21H18N6/c1-14-6-19-18(7-15(14)4-3-5-22)17(16-9-23-12-24-10-16)8-20(26-19)21-11-25-13-27(21)2/h6-13H,3-4H2,1-2H3. The van der Waals surface area contributed by atoms with Crippen LogP contribution < -0.4 is 0 Å². The van der Waals surface area contributed by atoms with E-state index in [0.29, 0.717) is 6.42 Å². The van der Waals surface area contributed by atoms with E-state index in [-0.39, 0.29) is 0 Å². The molecule has 0 saturated heterocycles. The lowest BCUT2D eigenvalue weighted by Crippen LogP contribution is -1.97. The Morgan fingerprint density at radius 1 is 1.07 bits per heavy atom. The second-order valence-corrected chi connectivity index (χ2v) is 6.53. The number of benzene rings is 1. The molecule has 0 aliphatic carbocycles. The Kier molecular flexibility index (Phi) is 4.35. The average molecular weight is 354 g/mol. The van der Waals surface area contributed by atoms with E-state index >= 15 is 0 Å². The van der Waals surface area contributed by atoms with Crippen LogP contribution in [0.4, 0.5) is 0 Å². The number of fused-ring (bicyclic) bond motifs is 1. The molecule has 3 aromatic heterocycles. The van der Waals surface area contributed by atoms with Crippen LogP contribution >= 0.6 is 0 Å². The minimum atomic E-state index is 0.497. The Hall–Kier alpha value is -3.59. The van der Waals surface area contributed by atoms with Gasteiger partial charge in [-0.25, -0.2) is 19.9 Å². The van der Waals surface area contributed by atoms with Gasteiger partial charge in [-0.2, -0.15) is 5.26 Å². The first-order chi connectivity index (χ1) is 13.2. The summed E-state index contributed by atoms with van der Waals surface area (Å²) in [5, 5.41) is 9.98. The molecule has 0 N–H and O–H groups in total. The van der Waals surface area contributed by atoms with E-state index in [1.54, 1.807) is 6.33 Å². The van der Waals surface area contributed by atoms with Gasteiger partial charge in [-0.1, -0.05) is 0 Å². The fourth-order valence-corrected chi connectivity index (χ4v) is 3.29. The van der Waals surface area contributed by atoms with Crippen LogP contribution in [0, 0.1) is 18.3 Å². The molecule has 0 radical (unpaired) electrons. The predicted molar refractivity (Wildman–Crippen MR) is 104 cm³/mol. The summed E-state index contributed by atoms with van der Waals surface area (Å²) in [5.74, 6) is 0. The third kappa shape index (κ3) is 3.15. The number of imidazole rings is 1. The average Bonchev–Trinajstić information content (AvgIpc) is 3.12. The van der Waals surface area contributed by atoms with Crippen molar-refractivity contribution in [3.05, 3.63) is 60.6 Å². The van der Waals surface area contributed by atoms with E-state index in [1.807, 2.05) is 30.2 Å². The maximum atomic E-state index is 8.95. The normalized spacial score (nSPS) is 10.9. The summed E-state index contributed by atoms with van der Waals surface area (Å²) in [5.41, 5.74) is 6.97. The lowest BCUT2D eigenvalue weighted by molar-refractivity contribution is 0.917. The predicted octanol–water partition coefficient (Wildman–Crippen LogP) is 3.86. The highest BCUT2D eigenvalue weighted by Gasteiger charge is 2.14. The molecular weight excluding hydrogens is 336 g/mol. The zero-order valence-electron chi connectivity index (χ0n) is 15.2. The lowest BCUT2D eigenvalue weighted by Gasteiger charge is -2.13. The number of aromatic nitrogens is 5. The highest BCUT2D eigenvalue weighted by Crippen LogP contribution is 2.33. The number of rotatable bonds is 4. The van der Waals surface area contributed by atoms with Gasteiger partial charge in [0.2, 0.25) is 0 Å². The molecule has 0 unspecified atom stereocenters. The van der Waals surface area contributed by atoms with E-state index < -0.39 is 0 Å². The fourth-order valence-electron chi connectivity index (χ4n) is 3.29. The van der Waals surface area contributed by atoms with Crippen LogP contribution in [-0.4, -0.2) is 24.5 Å². The van der Waals surface area contributed by atoms with Crippen molar-refractivity contribution in [1.82, 2.24) is 24.5 Å². The van der Waals surface area contributed by atoms with E-state index in [9.17, 15) is 0 Å². The van der Waals surface area contributed by atoms with Crippen LogP contribution in [0.15, 0.2) is 49.4 Å². The Morgan fingerprint density at radius 3 is 2.59 bits per heavy atom. The first-order valence-electron chi connectivity index (χ1n) is 8.70. The van der Waals surface area contributed by atoms with Gasteiger partial charge >= 0.3 is 0 Å². The van der Waals surface area contributed by atoms with Crippen LogP contribution in [0.2, 0.25) is 0 Å². The molecule has 0 aliphatic rings. The molecule has 0 saturated carbocycles. The van der Waals surface area contributed by atoms with E-state index in [0.717, 1.165) is 51.0 Å². The van der Waals surface area contributed by atoms with Crippen molar-refractivity contribution >= 4 is 10.9 Å². The molecule has 4 rings (SSSR count). The van der Waals surface area contributed by atoms with Crippen molar-refractivity contribution in [3.8, 4) is 28.6 Å². The zero-order valence-corrected chi connectivity index (χ0v) is 15.2. The van der Waals surface area contributed by atoms with Gasteiger partial charge in [-0.3, -0.25) is 0 Å². The minimum Gasteiger partial charge on any atom is -0.332 e. The molecule has 3 heterocycles. The molecular formula is C21H18N6. The monoisotopic (exact) mass is 354 g/mol. The van der Waals surface area contributed by atoms with Crippen molar-refractivity contribution in [2.75, 3.05) is 0 Å². The molecule has 0 spiro atoms. The van der Waals surface area contributed by atoms with Crippen LogP contribution in [0.25, 0.3) is 33.4 Å². The molecule has 1 aromatic carbocycles. The first-order valence-corrected chi connectivity index (χ1v) is 8.70. The number of pyridine rings is 1. The summed E-state index contributed by atoms with van der Waals surface area (Å²) in [6, 6.07) is 8.52. The third-order valence-corrected chi connectivity index (χ3v) is 4.72. The highest BCUT2D eigenvalue weighted by atomic mass is 15.0. The Labute approximate surface area is 157 Å². The Balaban J connectivity index is 2.00. The number of nitriles is 1. The maximum Gasteiger partial charge on any atom is 0.115 e. The van der Waals surface area contributed by atoms with Gasteiger partial charge < -0.3 is 4.57 Å². The summed E-state index contributed by atoms with van der Waals surface area (Å²) in [6.45, 7) is 2.07. The van der Waals surface area contributed by atoms with Gasteiger partial charge in [0.05, 0.1) is 35.5 Å². The van der Waals surface area contributed by atoms with Gasteiger partial charge in [0.1, 0.15) is 6.33 Å². The number of hydrogen-bond donors (Lipinski definition) is 0. The van der Waals surface area contributed by atoms with Gasteiger partial charge in [-0.15, -0.1) is 0 Å². The summed E-state index contributed by atoms with van der Waals surface area (Å²) >= 11 is 0. The van der Waals surface area contributed by atoms with Gasteiger partial charge in [0.15, 0.2) is 0 Å².